The molecule has 1 aliphatic heterocycles. The molecule has 0 aromatic carbocycles. The molecule has 0 unspecified atom stereocenters. The molecule has 0 N–H and O–H groups in total. The maximum atomic E-state index is 11.9. The molecule has 0 saturated carbocycles. The Kier molecular flexibility index (Phi) is 4.51. The van der Waals surface area contributed by atoms with Crippen LogP contribution in [0.25, 0.3) is 0 Å². The Labute approximate surface area is 102 Å². The van der Waals surface area contributed by atoms with Crippen molar-refractivity contribution in [1.29, 1.82) is 0 Å². The fourth-order valence-corrected chi connectivity index (χ4v) is 1.89. The van der Waals surface area contributed by atoms with Gasteiger partial charge in [-0.05, 0) is 33.6 Å². The minimum atomic E-state index is -0.518. The van der Waals surface area contributed by atoms with Crippen molar-refractivity contribution >= 4 is 11.9 Å². The van der Waals surface area contributed by atoms with E-state index < -0.39 is 11.6 Å². The van der Waals surface area contributed by atoms with E-state index in [1.165, 1.54) is 7.11 Å². The van der Waals surface area contributed by atoms with E-state index in [1.807, 2.05) is 20.8 Å². The average molecular weight is 243 g/mol. The second-order valence-corrected chi connectivity index (χ2v) is 5.21. The third-order valence-corrected chi connectivity index (χ3v) is 2.52. The highest BCUT2D eigenvalue weighted by molar-refractivity contribution is 5.86. The number of likely N-dealkylation sites (tertiary alicyclic amines) is 1. The summed E-state index contributed by atoms with van der Waals surface area (Å²) in [5, 5.41) is 0. The summed E-state index contributed by atoms with van der Waals surface area (Å²) >= 11 is 0. The molecule has 1 saturated heterocycles. The summed E-state index contributed by atoms with van der Waals surface area (Å²) in [6.07, 6.45) is 1.50. The molecular weight excluding hydrogens is 222 g/mol. The SMILES string of the molecule is COCC(=O)N1CCC[C@@H]1C(=O)OC(C)(C)C. The predicted molar refractivity (Wildman–Crippen MR) is 62.5 cm³/mol. The van der Waals surface area contributed by atoms with Gasteiger partial charge in [-0.1, -0.05) is 0 Å². The maximum absolute atomic E-state index is 11.9. The smallest absolute Gasteiger partial charge is 0.329 e. The molecule has 1 heterocycles. The summed E-state index contributed by atoms with van der Waals surface area (Å²) in [5.41, 5.74) is -0.518. The Balaban J connectivity index is 2.63. The Morgan fingerprint density at radius 3 is 2.53 bits per heavy atom. The first-order valence-corrected chi connectivity index (χ1v) is 5.86. The number of carbonyl (C=O) groups excluding carboxylic acids is 2. The number of hydrogen-bond acceptors (Lipinski definition) is 4. The second kappa shape index (κ2) is 5.49. The quantitative estimate of drug-likeness (QED) is 0.693. The van der Waals surface area contributed by atoms with Crippen molar-refractivity contribution in [2.24, 2.45) is 0 Å². The lowest BCUT2D eigenvalue weighted by atomic mass is 10.1. The average Bonchev–Trinajstić information content (AvgIpc) is 2.63. The van der Waals surface area contributed by atoms with E-state index in [4.69, 9.17) is 9.47 Å². The van der Waals surface area contributed by atoms with Gasteiger partial charge in [0.1, 0.15) is 18.2 Å². The van der Waals surface area contributed by atoms with E-state index in [0.717, 1.165) is 6.42 Å². The highest BCUT2D eigenvalue weighted by atomic mass is 16.6. The van der Waals surface area contributed by atoms with Crippen LogP contribution in [0.15, 0.2) is 0 Å². The van der Waals surface area contributed by atoms with Crippen molar-refractivity contribution in [1.82, 2.24) is 4.90 Å². The van der Waals surface area contributed by atoms with Gasteiger partial charge in [0, 0.05) is 13.7 Å². The fourth-order valence-electron chi connectivity index (χ4n) is 1.89. The normalized spacial score (nSPS) is 20.5. The number of methoxy groups -OCH3 is 1. The molecule has 1 aliphatic rings. The summed E-state index contributed by atoms with van der Waals surface area (Å²) in [6, 6.07) is -0.447. The van der Waals surface area contributed by atoms with E-state index >= 15 is 0 Å². The number of nitrogens with zero attached hydrogens (tertiary/aromatic N) is 1. The standard InChI is InChI=1S/C12H21NO4/c1-12(2,3)17-11(15)9-6-5-7-13(9)10(14)8-16-4/h9H,5-8H2,1-4H3/t9-/m1/s1. The summed E-state index contributed by atoms with van der Waals surface area (Å²) in [6.45, 7) is 6.08. The Morgan fingerprint density at radius 1 is 1.35 bits per heavy atom. The molecule has 5 heteroatoms. The molecule has 17 heavy (non-hydrogen) atoms. The van der Waals surface area contributed by atoms with Crippen LogP contribution in [0.3, 0.4) is 0 Å². The monoisotopic (exact) mass is 243 g/mol. The Bertz CT molecular complexity index is 295. The first-order valence-electron chi connectivity index (χ1n) is 5.86. The van der Waals surface area contributed by atoms with E-state index in [9.17, 15) is 9.59 Å². The van der Waals surface area contributed by atoms with Crippen molar-refractivity contribution in [3.8, 4) is 0 Å². The predicted octanol–water partition coefficient (Wildman–Crippen LogP) is 0.965. The van der Waals surface area contributed by atoms with Gasteiger partial charge >= 0.3 is 5.97 Å². The first-order chi connectivity index (χ1) is 7.85. The lowest BCUT2D eigenvalue weighted by Gasteiger charge is -2.27. The third-order valence-electron chi connectivity index (χ3n) is 2.52. The molecule has 0 aliphatic carbocycles. The lowest BCUT2D eigenvalue weighted by molar-refractivity contribution is -0.163. The molecule has 0 aromatic rings. The zero-order valence-electron chi connectivity index (χ0n) is 11.0. The second-order valence-electron chi connectivity index (χ2n) is 5.21. The van der Waals surface area contributed by atoms with E-state index in [2.05, 4.69) is 0 Å². The molecule has 1 rings (SSSR count). The molecule has 0 radical (unpaired) electrons. The molecule has 98 valence electrons. The maximum Gasteiger partial charge on any atom is 0.329 e. The summed E-state index contributed by atoms with van der Waals surface area (Å²) in [4.78, 5) is 25.2. The minimum absolute atomic E-state index is 0.0132. The van der Waals surface area contributed by atoms with Crippen LogP contribution >= 0.6 is 0 Å². The molecule has 1 amide bonds. The number of esters is 1. The zero-order chi connectivity index (χ0) is 13.1. The van der Waals surface area contributed by atoms with Gasteiger partial charge in [-0.3, -0.25) is 4.79 Å². The first kappa shape index (κ1) is 14.0. The van der Waals surface area contributed by atoms with Crippen LogP contribution in [0.5, 0.6) is 0 Å². The number of rotatable bonds is 3. The van der Waals surface area contributed by atoms with Gasteiger partial charge in [0.25, 0.3) is 0 Å². The van der Waals surface area contributed by atoms with Gasteiger partial charge in [0.15, 0.2) is 0 Å². The van der Waals surface area contributed by atoms with E-state index in [-0.39, 0.29) is 18.5 Å². The number of carbonyl (C=O) groups is 2. The van der Waals surface area contributed by atoms with Crippen molar-refractivity contribution in [2.45, 2.75) is 45.3 Å². The fraction of sp³-hybridized carbons (Fsp3) is 0.833. The summed E-state index contributed by atoms with van der Waals surface area (Å²) in [7, 11) is 1.47. The lowest BCUT2D eigenvalue weighted by Crippen LogP contribution is -2.44. The van der Waals surface area contributed by atoms with Crippen molar-refractivity contribution < 1.29 is 19.1 Å². The molecular formula is C12H21NO4. The highest BCUT2D eigenvalue weighted by Gasteiger charge is 2.36. The largest absolute Gasteiger partial charge is 0.458 e. The third kappa shape index (κ3) is 4.00. The van der Waals surface area contributed by atoms with Crippen LogP contribution < -0.4 is 0 Å². The zero-order valence-corrected chi connectivity index (χ0v) is 11.0. The molecule has 5 nitrogen and oxygen atoms in total. The van der Waals surface area contributed by atoms with Crippen molar-refractivity contribution in [2.75, 3.05) is 20.3 Å². The van der Waals surface area contributed by atoms with Gasteiger partial charge in [-0.15, -0.1) is 0 Å². The van der Waals surface area contributed by atoms with E-state index in [0.29, 0.717) is 13.0 Å². The van der Waals surface area contributed by atoms with Crippen LogP contribution in [0.4, 0.5) is 0 Å². The molecule has 0 aromatic heterocycles. The van der Waals surface area contributed by atoms with Crippen molar-refractivity contribution in [3.05, 3.63) is 0 Å². The highest BCUT2D eigenvalue weighted by Crippen LogP contribution is 2.21. The number of ether oxygens (including phenoxy) is 2. The van der Waals surface area contributed by atoms with Gasteiger partial charge in [0.2, 0.25) is 5.91 Å². The Hall–Kier alpha value is -1.10. The molecule has 0 bridgehead atoms. The van der Waals surface area contributed by atoms with Crippen LogP contribution in [0, 0.1) is 0 Å². The van der Waals surface area contributed by atoms with Gasteiger partial charge in [-0.2, -0.15) is 0 Å². The molecule has 0 spiro atoms. The summed E-state index contributed by atoms with van der Waals surface area (Å²) in [5.74, 6) is -0.472. The van der Waals surface area contributed by atoms with Crippen LogP contribution in [-0.2, 0) is 19.1 Å². The van der Waals surface area contributed by atoms with E-state index in [1.54, 1.807) is 4.90 Å². The number of amides is 1. The molecule has 1 fully saturated rings. The summed E-state index contributed by atoms with van der Waals surface area (Å²) < 4.78 is 10.1. The van der Waals surface area contributed by atoms with Gasteiger partial charge in [-0.25, -0.2) is 4.79 Å². The van der Waals surface area contributed by atoms with Gasteiger partial charge in [0.05, 0.1) is 0 Å². The topological polar surface area (TPSA) is 55.8 Å². The van der Waals surface area contributed by atoms with Gasteiger partial charge < -0.3 is 14.4 Å². The van der Waals surface area contributed by atoms with Crippen molar-refractivity contribution in [3.63, 3.8) is 0 Å². The number of hydrogen-bond donors (Lipinski definition) is 0. The van der Waals surface area contributed by atoms with Crippen LogP contribution in [0.1, 0.15) is 33.6 Å². The molecule has 1 atom stereocenters. The van der Waals surface area contributed by atoms with Crippen LogP contribution in [0.2, 0.25) is 0 Å². The van der Waals surface area contributed by atoms with Crippen LogP contribution in [-0.4, -0.2) is 48.7 Å². The Morgan fingerprint density at radius 2 is 2.00 bits per heavy atom. The minimum Gasteiger partial charge on any atom is -0.458 e.